The Balaban J connectivity index is 2.02. The van der Waals surface area contributed by atoms with Crippen LogP contribution in [0, 0.1) is 5.82 Å². The quantitative estimate of drug-likeness (QED) is 0.855. The van der Waals surface area contributed by atoms with Gasteiger partial charge in [0.25, 0.3) is 0 Å². The fourth-order valence-electron chi connectivity index (χ4n) is 1.71. The number of halogens is 1. The van der Waals surface area contributed by atoms with Crippen molar-refractivity contribution in [3.63, 3.8) is 0 Å². The molecule has 4 nitrogen and oxygen atoms in total. The molecule has 0 amide bonds. The Hall–Kier alpha value is -1.88. The number of methoxy groups -OCH3 is 1. The number of H-pyrrole nitrogens is 1. The highest BCUT2D eigenvalue weighted by Gasteiger charge is 2.09. The third-order valence-corrected chi connectivity index (χ3v) is 2.81. The van der Waals surface area contributed by atoms with E-state index < -0.39 is 0 Å². The van der Waals surface area contributed by atoms with Crippen LogP contribution in [0.4, 0.5) is 4.39 Å². The molecule has 2 aromatic rings. The molecule has 2 rings (SSSR count). The van der Waals surface area contributed by atoms with Gasteiger partial charge in [0.05, 0.1) is 13.7 Å². The van der Waals surface area contributed by atoms with Crippen LogP contribution >= 0.6 is 0 Å². The van der Waals surface area contributed by atoms with Gasteiger partial charge in [-0.2, -0.15) is 0 Å². The van der Waals surface area contributed by atoms with E-state index in [1.807, 2.05) is 6.92 Å². The molecular weight excluding hydrogens is 233 g/mol. The first kappa shape index (κ1) is 12.6. The van der Waals surface area contributed by atoms with Crippen LogP contribution in [-0.2, 0) is 6.54 Å². The summed E-state index contributed by atoms with van der Waals surface area (Å²) in [5.41, 5.74) is 0.972. The zero-order chi connectivity index (χ0) is 13.0. The molecule has 2 N–H and O–H groups in total. The number of aromatic nitrogens is 2. The van der Waals surface area contributed by atoms with Crippen LogP contribution in [0.5, 0.6) is 5.75 Å². The summed E-state index contributed by atoms with van der Waals surface area (Å²) in [4.78, 5) is 7.14. The Morgan fingerprint density at radius 2 is 2.33 bits per heavy atom. The maximum absolute atomic E-state index is 13.3. The van der Waals surface area contributed by atoms with Crippen molar-refractivity contribution in [3.05, 3.63) is 47.8 Å². The van der Waals surface area contributed by atoms with Crippen LogP contribution in [-0.4, -0.2) is 17.1 Å². The Morgan fingerprint density at radius 1 is 1.50 bits per heavy atom. The molecule has 0 spiro atoms. The summed E-state index contributed by atoms with van der Waals surface area (Å²) in [5, 5.41) is 3.30. The van der Waals surface area contributed by atoms with Crippen LogP contribution in [0.2, 0.25) is 0 Å². The largest absolute Gasteiger partial charge is 0.494 e. The molecule has 0 aliphatic heterocycles. The minimum atomic E-state index is -0.348. The zero-order valence-corrected chi connectivity index (χ0v) is 10.4. The first-order valence-corrected chi connectivity index (χ1v) is 5.76. The molecule has 0 aliphatic rings. The van der Waals surface area contributed by atoms with Gasteiger partial charge in [-0.25, -0.2) is 9.37 Å². The van der Waals surface area contributed by atoms with E-state index in [0.717, 1.165) is 11.4 Å². The van der Waals surface area contributed by atoms with Crippen molar-refractivity contribution in [2.24, 2.45) is 0 Å². The molecule has 1 heterocycles. The lowest BCUT2D eigenvalue weighted by atomic mass is 10.1. The molecule has 1 aromatic heterocycles. The molecule has 0 bridgehead atoms. The number of ether oxygens (including phenoxy) is 1. The maximum atomic E-state index is 13.3. The van der Waals surface area contributed by atoms with E-state index in [-0.39, 0.29) is 17.6 Å². The second kappa shape index (κ2) is 5.64. The lowest BCUT2D eigenvalue weighted by Gasteiger charge is -2.14. The third kappa shape index (κ3) is 2.87. The Kier molecular flexibility index (Phi) is 3.94. The number of nitrogens with one attached hydrogen (secondary N) is 2. The van der Waals surface area contributed by atoms with Gasteiger partial charge in [0, 0.05) is 18.4 Å². The number of imidazole rings is 1. The second-order valence-corrected chi connectivity index (χ2v) is 4.03. The Bertz CT molecular complexity index is 499. The van der Waals surface area contributed by atoms with Crippen LogP contribution in [0.3, 0.4) is 0 Å². The van der Waals surface area contributed by atoms with E-state index in [2.05, 4.69) is 15.3 Å². The molecule has 1 atom stereocenters. The molecule has 0 saturated carbocycles. The minimum Gasteiger partial charge on any atom is -0.494 e. The SMILES string of the molecule is COc1cc(C(C)NCc2ncc[nH]2)ccc1F. The van der Waals surface area contributed by atoms with Crippen molar-refractivity contribution >= 4 is 0 Å². The van der Waals surface area contributed by atoms with Crippen molar-refractivity contribution in [2.75, 3.05) is 7.11 Å². The summed E-state index contributed by atoms with van der Waals surface area (Å²) in [5.74, 6) is 0.787. The highest BCUT2D eigenvalue weighted by Crippen LogP contribution is 2.22. The van der Waals surface area contributed by atoms with Crippen LogP contribution in [0.25, 0.3) is 0 Å². The molecule has 0 radical (unpaired) electrons. The molecule has 0 aliphatic carbocycles. The van der Waals surface area contributed by atoms with Crippen molar-refractivity contribution in [1.29, 1.82) is 0 Å². The number of hydrogen-bond acceptors (Lipinski definition) is 3. The standard InChI is InChI=1S/C13H16FN3O/c1-9(17-8-13-15-5-6-16-13)10-3-4-11(14)12(7-10)18-2/h3-7,9,17H,8H2,1-2H3,(H,15,16). The topological polar surface area (TPSA) is 49.9 Å². The molecule has 96 valence electrons. The summed E-state index contributed by atoms with van der Waals surface area (Å²) < 4.78 is 18.2. The molecule has 5 heteroatoms. The van der Waals surface area contributed by atoms with E-state index in [0.29, 0.717) is 6.54 Å². The second-order valence-electron chi connectivity index (χ2n) is 4.03. The van der Waals surface area contributed by atoms with Gasteiger partial charge in [-0.1, -0.05) is 6.07 Å². The number of aromatic amines is 1. The smallest absolute Gasteiger partial charge is 0.165 e. The van der Waals surface area contributed by atoms with Gasteiger partial charge in [0.1, 0.15) is 5.82 Å². The van der Waals surface area contributed by atoms with Gasteiger partial charge >= 0.3 is 0 Å². The molecule has 0 saturated heterocycles. The molecule has 18 heavy (non-hydrogen) atoms. The van der Waals surface area contributed by atoms with Crippen molar-refractivity contribution < 1.29 is 9.13 Å². The molecule has 0 fully saturated rings. The Labute approximate surface area is 105 Å². The normalized spacial score (nSPS) is 12.4. The summed E-state index contributed by atoms with van der Waals surface area (Å²) in [6, 6.07) is 4.95. The molecule has 1 aromatic carbocycles. The van der Waals surface area contributed by atoms with E-state index in [1.165, 1.54) is 13.2 Å². The van der Waals surface area contributed by atoms with E-state index in [1.54, 1.807) is 24.5 Å². The zero-order valence-electron chi connectivity index (χ0n) is 10.4. The van der Waals surface area contributed by atoms with Gasteiger partial charge in [0.2, 0.25) is 0 Å². The van der Waals surface area contributed by atoms with Gasteiger partial charge in [0.15, 0.2) is 11.6 Å². The minimum absolute atomic E-state index is 0.0876. The van der Waals surface area contributed by atoms with Gasteiger partial charge in [-0.15, -0.1) is 0 Å². The predicted octanol–water partition coefficient (Wildman–Crippen LogP) is 2.41. The van der Waals surface area contributed by atoms with Crippen molar-refractivity contribution in [1.82, 2.24) is 15.3 Å². The molecule has 1 unspecified atom stereocenters. The third-order valence-electron chi connectivity index (χ3n) is 2.81. The van der Waals surface area contributed by atoms with Crippen molar-refractivity contribution in [2.45, 2.75) is 19.5 Å². The lowest BCUT2D eigenvalue weighted by Crippen LogP contribution is -2.18. The summed E-state index contributed by atoms with van der Waals surface area (Å²) in [6.45, 7) is 2.64. The first-order valence-electron chi connectivity index (χ1n) is 5.76. The van der Waals surface area contributed by atoms with Gasteiger partial charge in [-0.05, 0) is 24.6 Å². The maximum Gasteiger partial charge on any atom is 0.165 e. The van der Waals surface area contributed by atoms with E-state index in [4.69, 9.17) is 4.74 Å². The highest BCUT2D eigenvalue weighted by atomic mass is 19.1. The van der Waals surface area contributed by atoms with Crippen LogP contribution in [0.1, 0.15) is 24.4 Å². The fraction of sp³-hybridized carbons (Fsp3) is 0.308. The average molecular weight is 249 g/mol. The van der Waals surface area contributed by atoms with E-state index >= 15 is 0 Å². The monoisotopic (exact) mass is 249 g/mol. The van der Waals surface area contributed by atoms with Gasteiger partial charge in [-0.3, -0.25) is 0 Å². The fourth-order valence-corrected chi connectivity index (χ4v) is 1.71. The van der Waals surface area contributed by atoms with E-state index in [9.17, 15) is 4.39 Å². The van der Waals surface area contributed by atoms with Crippen molar-refractivity contribution in [3.8, 4) is 5.75 Å². The molecular formula is C13H16FN3O. The number of benzene rings is 1. The summed E-state index contributed by atoms with van der Waals surface area (Å²) >= 11 is 0. The predicted molar refractivity (Wildman–Crippen MR) is 66.8 cm³/mol. The average Bonchev–Trinajstić information content (AvgIpc) is 2.89. The van der Waals surface area contributed by atoms with Crippen LogP contribution < -0.4 is 10.1 Å². The first-order chi connectivity index (χ1) is 8.70. The van der Waals surface area contributed by atoms with Crippen LogP contribution in [0.15, 0.2) is 30.6 Å². The number of hydrogen-bond donors (Lipinski definition) is 2. The lowest BCUT2D eigenvalue weighted by molar-refractivity contribution is 0.385. The summed E-state index contributed by atoms with van der Waals surface area (Å²) in [6.07, 6.45) is 3.49. The highest BCUT2D eigenvalue weighted by molar-refractivity contribution is 5.31. The number of nitrogens with zero attached hydrogens (tertiary/aromatic N) is 1. The number of rotatable bonds is 5. The summed E-state index contributed by atoms with van der Waals surface area (Å²) in [7, 11) is 1.46. The Morgan fingerprint density at radius 3 is 3.00 bits per heavy atom. The van der Waals surface area contributed by atoms with Gasteiger partial charge < -0.3 is 15.0 Å².